The number of nitrogens with zero attached hydrogens (tertiary/aromatic N) is 2. The maximum absolute atomic E-state index is 13.1. The Balaban J connectivity index is 2.47. The van der Waals surface area contributed by atoms with Gasteiger partial charge in [-0.05, 0) is 19.1 Å². The zero-order valence-electron chi connectivity index (χ0n) is 10.4. The van der Waals surface area contributed by atoms with Gasteiger partial charge in [0.1, 0.15) is 23.8 Å². The summed E-state index contributed by atoms with van der Waals surface area (Å²) >= 11 is 0. The lowest BCUT2D eigenvalue weighted by atomic mass is 10.2. The van der Waals surface area contributed by atoms with Gasteiger partial charge in [-0.25, -0.2) is 9.37 Å². The molecule has 100 valence electrons. The van der Waals surface area contributed by atoms with Gasteiger partial charge in [0.25, 0.3) is 0 Å². The van der Waals surface area contributed by atoms with E-state index < -0.39 is 11.8 Å². The van der Waals surface area contributed by atoms with Crippen LogP contribution in [0.4, 0.5) is 4.39 Å². The molecule has 0 aliphatic carbocycles. The summed E-state index contributed by atoms with van der Waals surface area (Å²) in [4.78, 5) is 26.0. The van der Waals surface area contributed by atoms with E-state index in [0.717, 1.165) is 0 Å². The van der Waals surface area contributed by atoms with Crippen molar-refractivity contribution in [3.05, 3.63) is 29.8 Å². The molecular weight excluding hydrogens is 251 g/mol. The molecule has 2 aromatic rings. The number of carboxylic acid groups (broad SMARTS) is 1. The zero-order valence-corrected chi connectivity index (χ0v) is 10.4. The summed E-state index contributed by atoms with van der Waals surface area (Å²) in [6.45, 7) is 1.82. The number of carbonyl (C=O) groups excluding carboxylic acids is 1. The number of imidazole rings is 1. The fourth-order valence-corrected chi connectivity index (χ4v) is 1.94. The second-order valence-corrected chi connectivity index (χ2v) is 4.34. The predicted octanol–water partition coefficient (Wildman–Crippen LogP) is 1.78. The number of halogens is 1. The Morgan fingerprint density at radius 2 is 2.16 bits per heavy atom. The lowest BCUT2D eigenvalue weighted by Gasteiger charge is -2.06. The van der Waals surface area contributed by atoms with Gasteiger partial charge >= 0.3 is 5.97 Å². The minimum Gasteiger partial charge on any atom is -0.481 e. The topological polar surface area (TPSA) is 72.2 Å². The van der Waals surface area contributed by atoms with Gasteiger partial charge in [0.15, 0.2) is 0 Å². The third kappa shape index (κ3) is 2.96. The minimum absolute atomic E-state index is 0.00485. The van der Waals surface area contributed by atoms with E-state index in [1.165, 1.54) is 19.1 Å². The summed E-state index contributed by atoms with van der Waals surface area (Å²) in [5.41, 5.74) is 1.04. The Morgan fingerprint density at radius 1 is 1.42 bits per heavy atom. The molecular formula is C13H13FN2O3. The first-order valence-corrected chi connectivity index (χ1v) is 5.83. The number of hydrogen-bond donors (Lipinski definition) is 1. The molecule has 2 rings (SSSR count). The maximum atomic E-state index is 13.1. The summed E-state index contributed by atoms with van der Waals surface area (Å²) < 4.78 is 14.8. The molecule has 0 fully saturated rings. The largest absolute Gasteiger partial charge is 0.481 e. The molecule has 0 radical (unpaired) electrons. The first-order chi connectivity index (χ1) is 8.97. The molecule has 1 aromatic carbocycles. The van der Waals surface area contributed by atoms with Gasteiger partial charge in [-0.15, -0.1) is 0 Å². The number of carbonyl (C=O) groups is 2. The molecule has 0 spiro atoms. The first kappa shape index (κ1) is 13.2. The normalized spacial score (nSPS) is 10.8. The summed E-state index contributed by atoms with van der Waals surface area (Å²) in [7, 11) is 0. The van der Waals surface area contributed by atoms with Crippen molar-refractivity contribution in [3.63, 3.8) is 0 Å². The van der Waals surface area contributed by atoms with Crippen LogP contribution in [0.25, 0.3) is 11.0 Å². The standard InChI is InChI=1S/C13H13FN2O3/c1-8(17)4-5-16-11-3-2-9(14)6-10(11)15-12(16)7-13(18)19/h2-3,6H,4-5,7H2,1H3,(H,18,19). The SMILES string of the molecule is CC(=O)CCn1c(CC(=O)O)nc2cc(F)ccc21. The van der Waals surface area contributed by atoms with Crippen LogP contribution in [0.2, 0.25) is 0 Å². The highest BCUT2D eigenvalue weighted by Crippen LogP contribution is 2.18. The van der Waals surface area contributed by atoms with Gasteiger partial charge in [-0.2, -0.15) is 0 Å². The molecule has 0 saturated carbocycles. The number of aryl methyl sites for hydroxylation is 1. The molecule has 0 aliphatic heterocycles. The predicted molar refractivity (Wildman–Crippen MR) is 66.3 cm³/mol. The second-order valence-electron chi connectivity index (χ2n) is 4.34. The second kappa shape index (κ2) is 5.17. The fraction of sp³-hybridized carbons (Fsp3) is 0.308. The van der Waals surface area contributed by atoms with Crippen molar-refractivity contribution >= 4 is 22.8 Å². The molecule has 1 N–H and O–H groups in total. The number of rotatable bonds is 5. The lowest BCUT2D eigenvalue weighted by molar-refractivity contribution is -0.136. The highest BCUT2D eigenvalue weighted by atomic mass is 19.1. The van der Waals surface area contributed by atoms with Crippen LogP contribution in [0.3, 0.4) is 0 Å². The third-order valence-corrected chi connectivity index (χ3v) is 2.79. The molecule has 0 bridgehead atoms. The molecule has 0 amide bonds. The average Bonchev–Trinajstić information content (AvgIpc) is 2.61. The van der Waals surface area contributed by atoms with Crippen LogP contribution in [0.15, 0.2) is 18.2 Å². The van der Waals surface area contributed by atoms with Crippen molar-refractivity contribution in [2.75, 3.05) is 0 Å². The average molecular weight is 264 g/mol. The van der Waals surface area contributed by atoms with Crippen LogP contribution in [0.5, 0.6) is 0 Å². The van der Waals surface area contributed by atoms with E-state index in [-0.39, 0.29) is 18.6 Å². The van der Waals surface area contributed by atoms with Gasteiger partial charge in [0.2, 0.25) is 0 Å². The number of carboxylic acids is 1. The summed E-state index contributed by atoms with van der Waals surface area (Å²) in [6.07, 6.45) is 0.0314. The minimum atomic E-state index is -1.01. The van der Waals surface area contributed by atoms with E-state index >= 15 is 0 Å². The van der Waals surface area contributed by atoms with E-state index in [2.05, 4.69) is 4.98 Å². The molecule has 0 atom stereocenters. The van der Waals surface area contributed by atoms with Crippen LogP contribution < -0.4 is 0 Å². The zero-order chi connectivity index (χ0) is 14.0. The number of benzene rings is 1. The van der Waals surface area contributed by atoms with Crippen molar-refractivity contribution in [2.24, 2.45) is 0 Å². The van der Waals surface area contributed by atoms with Crippen molar-refractivity contribution in [3.8, 4) is 0 Å². The van der Waals surface area contributed by atoms with Gasteiger partial charge in [0, 0.05) is 19.0 Å². The van der Waals surface area contributed by atoms with Crippen LogP contribution in [-0.4, -0.2) is 26.4 Å². The van der Waals surface area contributed by atoms with E-state index in [0.29, 0.717) is 23.4 Å². The number of aliphatic carboxylic acids is 1. The number of fused-ring (bicyclic) bond motifs is 1. The van der Waals surface area contributed by atoms with Crippen LogP contribution in [0.1, 0.15) is 19.2 Å². The van der Waals surface area contributed by atoms with Gasteiger partial charge in [-0.3, -0.25) is 9.59 Å². The van der Waals surface area contributed by atoms with E-state index in [4.69, 9.17) is 5.11 Å². The van der Waals surface area contributed by atoms with Crippen LogP contribution in [0, 0.1) is 5.82 Å². The highest BCUT2D eigenvalue weighted by molar-refractivity contribution is 5.79. The Morgan fingerprint density at radius 3 is 2.79 bits per heavy atom. The molecule has 0 unspecified atom stereocenters. The number of aromatic nitrogens is 2. The quantitative estimate of drug-likeness (QED) is 0.893. The third-order valence-electron chi connectivity index (χ3n) is 2.79. The van der Waals surface area contributed by atoms with E-state index in [1.807, 2.05) is 0 Å². The Labute approximate surface area is 108 Å². The van der Waals surface area contributed by atoms with Crippen molar-refractivity contribution < 1.29 is 19.1 Å². The Bertz CT molecular complexity index is 649. The van der Waals surface area contributed by atoms with Crippen molar-refractivity contribution in [1.82, 2.24) is 9.55 Å². The molecule has 1 heterocycles. The number of hydrogen-bond acceptors (Lipinski definition) is 3. The Hall–Kier alpha value is -2.24. The molecule has 19 heavy (non-hydrogen) atoms. The molecule has 0 saturated heterocycles. The monoisotopic (exact) mass is 264 g/mol. The summed E-state index contributed by atoms with van der Waals surface area (Å²) in [6, 6.07) is 4.09. The summed E-state index contributed by atoms with van der Waals surface area (Å²) in [5.74, 6) is -1.11. The summed E-state index contributed by atoms with van der Waals surface area (Å²) in [5, 5.41) is 8.85. The van der Waals surface area contributed by atoms with Gasteiger partial charge in [-0.1, -0.05) is 0 Å². The fourth-order valence-electron chi connectivity index (χ4n) is 1.94. The van der Waals surface area contributed by atoms with Crippen molar-refractivity contribution in [1.29, 1.82) is 0 Å². The Kier molecular flexibility index (Phi) is 3.59. The molecule has 0 aliphatic rings. The smallest absolute Gasteiger partial charge is 0.311 e. The van der Waals surface area contributed by atoms with Crippen LogP contribution >= 0.6 is 0 Å². The molecule has 5 nitrogen and oxygen atoms in total. The maximum Gasteiger partial charge on any atom is 0.311 e. The van der Waals surface area contributed by atoms with Gasteiger partial charge < -0.3 is 9.67 Å². The van der Waals surface area contributed by atoms with E-state index in [9.17, 15) is 14.0 Å². The first-order valence-electron chi connectivity index (χ1n) is 5.83. The van der Waals surface area contributed by atoms with Crippen LogP contribution in [-0.2, 0) is 22.6 Å². The van der Waals surface area contributed by atoms with Gasteiger partial charge in [0.05, 0.1) is 11.0 Å². The molecule has 6 heteroatoms. The van der Waals surface area contributed by atoms with Crippen molar-refractivity contribution in [2.45, 2.75) is 26.3 Å². The molecule has 1 aromatic heterocycles. The lowest BCUT2D eigenvalue weighted by Crippen LogP contribution is -2.11. The van der Waals surface area contributed by atoms with E-state index in [1.54, 1.807) is 10.6 Å². The highest BCUT2D eigenvalue weighted by Gasteiger charge is 2.14. The number of ketones is 1. The number of Topliss-reactive ketones (excluding diaryl/α,β-unsaturated/α-hetero) is 1.